The molecule has 2 aromatic rings. The molecule has 0 radical (unpaired) electrons. The summed E-state index contributed by atoms with van der Waals surface area (Å²) in [6, 6.07) is 4.67. The number of rotatable bonds is 4. The highest BCUT2D eigenvalue weighted by Crippen LogP contribution is 2.21. The molecule has 1 aromatic heterocycles. The molecule has 2 N–H and O–H groups in total. The van der Waals surface area contributed by atoms with Crippen LogP contribution in [0.3, 0.4) is 0 Å². The van der Waals surface area contributed by atoms with Crippen LogP contribution in [0, 0.1) is 6.92 Å². The molecule has 1 unspecified atom stereocenters. The maximum Gasteiger partial charge on any atom is 0.252 e. The zero-order valence-electron chi connectivity index (χ0n) is 10.9. The van der Waals surface area contributed by atoms with E-state index in [1.54, 1.807) is 25.3 Å². The Morgan fingerprint density at radius 1 is 1.53 bits per heavy atom. The number of nitrogens with zero attached hydrogens (tertiary/aromatic N) is 1. The van der Waals surface area contributed by atoms with Crippen molar-refractivity contribution in [3.8, 4) is 5.75 Å². The van der Waals surface area contributed by atoms with E-state index in [0.29, 0.717) is 5.56 Å². The summed E-state index contributed by atoms with van der Waals surface area (Å²) in [5.74, 6) is 0.0283. The van der Waals surface area contributed by atoms with E-state index in [2.05, 4.69) is 10.3 Å². The molecule has 4 nitrogen and oxygen atoms in total. The predicted molar refractivity (Wildman–Crippen MR) is 75.5 cm³/mol. The monoisotopic (exact) mass is 276 g/mol. The molecule has 1 aromatic carbocycles. The molecule has 1 amide bonds. The van der Waals surface area contributed by atoms with E-state index in [9.17, 15) is 9.90 Å². The van der Waals surface area contributed by atoms with Gasteiger partial charge in [0, 0.05) is 17.1 Å². The van der Waals surface area contributed by atoms with Gasteiger partial charge < -0.3 is 10.4 Å². The summed E-state index contributed by atoms with van der Waals surface area (Å²) in [5.41, 5.74) is 1.33. The Bertz CT molecular complexity index is 567. The summed E-state index contributed by atoms with van der Waals surface area (Å²) in [5, 5.41) is 15.1. The van der Waals surface area contributed by atoms with Crippen LogP contribution < -0.4 is 5.32 Å². The van der Waals surface area contributed by atoms with Crippen molar-refractivity contribution in [3.63, 3.8) is 0 Å². The number of amides is 1. The summed E-state index contributed by atoms with van der Waals surface area (Å²) in [6.45, 7) is 3.81. The van der Waals surface area contributed by atoms with Crippen molar-refractivity contribution in [2.45, 2.75) is 26.3 Å². The third kappa shape index (κ3) is 3.12. The average Bonchev–Trinajstić information content (AvgIpc) is 2.89. The van der Waals surface area contributed by atoms with Crippen molar-refractivity contribution < 1.29 is 9.90 Å². The van der Waals surface area contributed by atoms with Gasteiger partial charge in [-0.25, -0.2) is 4.98 Å². The second-order valence-corrected chi connectivity index (χ2v) is 5.23. The highest BCUT2D eigenvalue weighted by molar-refractivity contribution is 7.09. The number of benzene rings is 1. The molecule has 0 aliphatic heterocycles. The number of thiazole rings is 1. The Morgan fingerprint density at radius 2 is 2.32 bits per heavy atom. The number of nitrogens with one attached hydrogen (secondary N) is 1. The zero-order chi connectivity index (χ0) is 13.8. The predicted octanol–water partition coefficient (Wildman–Crippen LogP) is 3.04. The average molecular weight is 276 g/mol. The molecule has 1 atom stereocenters. The molecular weight excluding hydrogens is 260 g/mol. The Balaban J connectivity index is 2.16. The Morgan fingerprint density at radius 3 is 2.89 bits per heavy atom. The normalized spacial score (nSPS) is 12.1. The molecule has 2 rings (SSSR count). The minimum atomic E-state index is -0.139. The van der Waals surface area contributed by atoms with Crippen LogP contribution in [0.15, 0.2) is 29.8 Å². The van der Waals surface area contributed by atoms with E-state index in [4.69, 9.17) is 0 Å². The minimum absolute atomic E-state index is 0.0688. The number of aromatic nitrogens is 1. The van der Waals surface area contributed by atoms with Crippen LogP contribution in [0.25, 0.3) is 0 Å². The molecule has 5 heteroatoms. The molecule has 0 spiro atoms. The molecule has 0 saturated heterocycles. The van der Waals surface area contributed by atoms with Crippen LogP contribution >= 0.6 is 11.3 Å². The second-order valence-electron chi connectivity index (χ2n) is 4.30. The fourth-order valence-electron chi connectivity index (χ4n) is 1.88. The third-order valence-corrected chi connectivity index (χ3v) is 3.81. The van der Waals surface area contributed by atoms with Crippen LogP contribution in [0.5, 0.6) is 5.75 Å². The number of phenolic OH excluding ortho intramolecular Hbond substituents is 1. The lowest BCUT2D eigenvalue weighted by molar-refractivity contribution is 0.0935. The first-order chi connectivity index (χ1) is 9.11. The first-order valence-electron chi connectivity index (χ1n) is 6.11. The number of aromatic hydroxyl groups is 1. The van der Waals surface area contributed by atoms with Gasteiger partial charge in [0.05, 0.1) is 6.04 Å². The van der Waals surface area contributed by atoms with Gasteiger partial charge in [0.25, 0.3) is 5.91 Å². The van der Waals surface area contributed by atoms with Gasteiger partial charge >= 0.3 is 0 Å². The minimum Gasteiger partial charge on any atom is -0.508 e. The lowest BCUT2D eigenvalue weighted by Crippen LogP contribution is -2.28. The molecule has 1 heterocycles. The SMILES string of the molecule is CCC(NC(=O)c1ccc(O)cc1C)c1nccs1. The van der Waals surface area contributed by atoms with E-state index in [1.807, 2.05) is 12.3 Å². The molecule has 0 aliphatic carbocycles. The van der Waals surface area contributed by atoms with Crippen molar-refractivity contribution in [1.29, 1.82) is 0 Å². The van der Waals surface area contributed by atoms with Crippen LogP contribution in [0.1, 0.15) is 40.3 Å². The smallest absolute Gasteiger partial charge is 0.252 e. The molecular formula is C14H16N2O2S. The van der Waals surface area contributed by atoms with E-state index >= 15 is 0 Å². The van der Waals surface area contributed by atoms with Gasteiger partial charge in [0.2, 0.25) is 0 Å². The van der Waals surface area contributed by atoms with Gasteiger partial charge in [-0.05, 0) is 37.1 Å². The molecule has 0 fully saturated rings. The zero-order valence-corrected chi connectivity index (χ0v) is 11.7. The van der Waals surface area contributed by atoms with Crippen LogP contribution in [-0.4, -0.2) is 16.0 Å². The van der Waals surface area contributed by atoms with Gasteiger partial charge in [0.1, 0.15) is 10.8 Å². The fourth-order valence-corrected chi connectivity index (χ4v) is 2.66. The lowest BCUT2D eigenvalue weighted by atomic mass is 10.1. The molecule has 0 saturated carbocycles. The van der Waals surface area contributed by atoms with Crippen LogP contribution in [0.2, 0.25) is 0 Å². The molecule has 100 valence electrons. The topological polar surface area (TPSA) is 62.2 Å². The molecule has 0 aliphatic rings. The van der Waals surface area contributed by atoms with Gasteiger partial charge in [0.15, 0.2) is 0 Å². The number of aryl methyl sites for hydroxylation is 1. The van der Waals surface area contributed by atoms with Gasteiger partial charge in [-0.1, -0.05) is 6.92 Å². The van der Waals surface area contributed by atoms with Gasteiger partial charge in [-0.2, -0.15) is 0 Å². The Hall–Kier alpha value is -1.88. The van der Waals surface area contributed by atoms with Crippen molar-refractivity contribution in [2.75, 3.05) is 0 Å². The number of carbonyl (C=O) groups excluding carboxylic acids is 1. The largest absolute Gasteiger partial charge is 0.508 e. The number of hydrogen-bond donors (Lipinski definition) is 2. The maximum absolute atomic E-state index is 12.2. The van der Waals surface area contributed by atoms with Crippen molar-refractivity contribution in [1.82, 2.24) is 10.3 Å². The Kier molecular flexibility index (Phi) is 4.16. The number of phenols is 1. The summed E-state index contributed by atoms with van der Waals surface area (Å²) in [4.78, 5) is 16.5. The van der Waals surface area contributed by atoms with Gasteiger partial charge in [-0.3, -0.25) is 4.79 Å². The maximum atomic E-state index is 12.2. The summed E-state index contributed by atoms with van der Waals surface area (Å²) in [7, 11) is 0. The highest BCUT2D eigenvalue weighted by Gasteiger charge is 2.17. The van der Waals surface area contributed by atoms with Crippen LogP contribution in [-0.2, 0) is 0 Å². The van der Waals surface area contributed by atoms with Crippen molar-refractivity contribution in [3.05, 3.63) is 45.9 Å². The number of carbonyl (C=O) groups is 1. The number of hydrogen-bond acceptors (Lipinski definition) is 4. The van der Waals surface area contributed by atoms with Gasteiger partial charge in [-0.15, -0.1) is 11.3 Å². The summed E-state index contributed by atoms with van der Waals surface area (Å²) < 4.78 is 0. The molecule has 0 bridgehead atoms. The van der Waals surface area contributed by atoms with Crippen molar-refractivity contribution in [2.24, 2.45) is 0 Å². The highest BCUT2D eigenvalue weighted by atomic mass is 32.1. The van der Waals surface area contributed by atoms with E-state index in [0.717, 1.165) is 17.0 Å². The molecule has 19 heavy (non-hydrogen) atoms. The van der Waals surface area contributed by atoms with E-state index < -0.39 is 0 Å². The third-order valence-electron chi connectivity index (χ3n) is 2.92. The van der Waals surface area contributed by atoms with Crippen molar-refractivity contribution >= 4 is 17.2 Å². The summed E-state index contributed by atoms with van der Waals surface area (Å²) in [6.07, 6.45) is 2.52. The fraction of sp³-hybridized carbons (Fsp3) is 0.286. The van der Waals surface area contributed by atoms with E-state index in [1.165, 1.54) is 17.4 Å². The summed E-state index contributed by atoms with van der Waals surface area (Å²) >= 11 is 1.53. The Labute approximate surface area is 116 Å². The second kappa shape index (κ2) is 5.84. The lowest BCUT2D eigenvalue weighted by Gasteiger charge is -2.15. The quantitative estimate of drug-likeness (QED) is 0.902. The first-order valence-corrected chi connectivity index (χ1v) is 6.99. The first kappa shape index (κ1) is 13.5. The van der Waals surface area contributed by atoms with E-state index in [-0.39, 0.29) is 17.7 Å². The standard InChI is InChI=1S/C14H16N2O2S/c1-3-12(14-15-6-7-19-14)16-13(18)11-5-4-10(17)8-9(11)2/h4-8,12,17H,3H2,1-2H3,(H,16,18). The van der Waals surface area contributed by atoms with Crippen LogP contribution in [0.4, 0.5) is 0 Å².